The maximum atomic E-state index is 12.3. The van der Waals surface area contributed by atoms with E-state index >= 15 is 0 Å². The Labute approximate surface area is 133 Å². The van der Waals surface area contributed by atoms with Gasteiger partial charge in [0.1, 0.15) is 0 Å². The number of hydrogen-bond donors (Lipinski definition) is 2. The molecule has 5 heteroatoms. The van der Waals surface area contributed by atoms with Gasteiger partial charge in [-0.05, 0) is 37.8 Å². The molecule has 1 aliphatic rings. The Bertz CT molecular complexity index is 553. The summed E-state index contributed by atoms with van der Waals surface area (Å²) in [4.78, 5) is 0.361. The zero-order valence-electron chi connectivity index (χ0n) is 13.3. The summed E-state index contributed by atoms with van der Waals surface area (Å²) in [5.74, 6) is 0.477. The fraction of sp³-hybridized carbons (Fsp3) is 0.647. The minimum Gasteiger partial charge on any atom is -0.394 e. The molecule has 0 unspecified atom stereocenters. The maximum Gasteiger partial charge on any atom is 0.179 e. The third-order valence-electron chi connectivity index (χ3n) is 4.84. The van der Waals surface area contributed by atoms with Crippen molar-refractivity contribution in [3.05, 3.63) is 30.3 Å². The van der Waals surface area contributed by atoms with E-state index in [-0.39, 0.29) is 17.9 Å². The highest BCUT2D eigenvalue weighted by molar-refractivity contribution is 7.91. The maximum absolute atomic E-state index is 12.3. The standard InChI is InChI=1S/C17H27NO3S/c1-17(14-19,15-8-4-2-5-9-15)18-12-13-22(20,21)16-10-6-3-7-11-16/h3,6-7,10-11,15,18-19H,2,4-5,8-9,12-14H2,1H3/t17-/m1/s1. The molecule has 0 bridgehead atoms. The van der Waals surface area contributed by atoms with E-state index in [2.05, 4.69) is 5.32 Å². The van der Waals surface area contributed by atoms with Crippen molar-refractivity contribution >= 4 is 9.84 Å². The summed E-state index contributed by atoms with van der Waals surface area (Å²) in [6.45, 7) is 2.42. The Balaban J connectivity index is 1.93. The molecule has 0 aliphatic heterocycles. The number of hydrogen-bond acceptors (Lipinski definition) is 4. The molecule has 0 radical (unpaired) electrons. The van der Waals surface area contributed by atoms with Gasteiger partial charge in [0.15, 0.2) is 9.84 Å². The van der Waals surface area contributed by atoms with E-state index in [0.717, 1.165) is 12.8 Å². The first-order valence-electron chi connectivity index (χ1n) is 8.12. The average Bonchev–Trinajstić information content (AvgIpc) is 2.56. The summed E-state index contributed by atoms with van der Waals surface area (Å²) in [6.07, 6.45) is 5.87. The van der Waals surface area contributed by atoms with Crippen LogP contribution >= 0.6 is 0 Å². The lowest BCUT2D eigenvalue weighted by Gasteiger charge is -2.39. The second kappa shape index (κ2) is 7.57. The Morgan fingerprint density at radius 3 is 2.41 bits per heavy atom. The van der Waals surface area contributed by atoms with Gasteiger partial charge in [0.25, 0.3) is 0 Å². The molecule has 0 spiro atoms. The molecule has 2 rings (SSSR count). The van der Waals surface area contributed by atoms with Crippen molar-refractivity contribution in [3.63, 3.8) is 0 Å². The molecule has 22 heavy (non-hydrogen) atoms. The molecule has 0 aromatic heterocycles. The molecule has 4 nitrogen and oxygen atoms in total. The van der Waals surface area contributed by atoms with Crippen molar-refractivity contribution in [1.82, 2.24) is 5.32 Å². The van der Waals surface area contributed by atoms with Crippen LogP contribution in [-0.2, 0) is 9.84 Å². The first kappa shape index (κ1) is 17.4. The molecule has 0 heterocycles. The normalized spacial score (nSPS) is 19.7. The van der Waals surface area contributed by atoms with Crippen molar-refractivity contribution < 1.29 is 13.5 Å². The highest BCUT2D eigenvalue weighted by Gasteiger charge is 2.34. The van der Waals surface area contributed by atoms with Crippen LogP contribution in [0.3, 0.4) is 0 Å². The Hall–Kier alpha value is -0.910. The van der Waals surface area contributed by atoms with Crippen LogP contribution in [0.15, 0.2) is 35.2 Å². The molecule has 1 aliphatic carbocycles. The van der Waals surface area contributed by atoms with E-state index in [0.29, 0.717) is 17.4 Å². The van der Waals surface area contributed by atoms with E-state index in [1.807, 2.05) is 13.0 Å². The molecule has 1 atom stereocenters. The summed E-state index contributed by atoms with van der Waals surface area (Å²) in [7, 11) is -3.27. The van der Waals surface area contributed by atoms with Gasteiger partial charge in [0.2, 0.25) is 0 Å². The number of rotatable bonds is 7. The van der Waals surface area contributed by atoms with E-state index in [9.17, 15) is 13.5 Å². The van der Waals surface area contributed by atoms with Gasteiger partial charge < -0.3 is 10.4 Å². The predicted molar refractivity (Wildman–Crippen MR) is 88.6 cm³/mol. The highest BCUT2D eigenvalue weighted by atomic mass is 32.2. The summed E-state index contributed by atoms with van der Waals surface area (Å²) in [6, 6.07) is 8.53. The van der Waals surface area contributed by atoms with Crippen LogP contribution in [0.1, 0.15) is 39.0 Å². The Kier molecular flexibility index (Phi) is 6.01. The Morgan fingerprint density at radius 1 is 1.18 bits per heavy atom. The summed E-state index contributed by atoms with van der Waals surface area (Å²) >= 11 is 0. The van der Waals surface area contributed by atoms with Crippen LogP contribution in [0.5, 0.6) is 0 Å². The van der Waals surface area contributed by atoms with Crippen LogP contribution < -0.4 is 5.32 Å². The van der Waals surface area contributed by atoms with E-state index in [4.69, 9.17) is 0 Å². The molecular weight excluding hydrogens is 298 g/mol. The minimum atomic E-state index is -3.27. The van der Waals surface area contributed by atoms with Crippen LogP contribution in [0.25, 0.3) is 0 Å². The predicted octanol–water partition coefficient (Wildman–Crippen LogP) is 2.38. The van der Waals surface area contributed by atoms with Gasteiger partial charge in [0, 0.05) is 12.1 Å². The van der Waals surface area contributed by atoms with Crippen LogP contribution in [0, 0.1) is 5.92 Å². The molecule has 2 N–H and O–H groups in total. The van der Waals surface area contributed by atoms with Crippen molar-refractivity contribution in [2.24, 2.45) is 5.92 Å². The largest absolute Gasteiger partial charge is 0.394 e. The highest BCUT2D eigenvalue weighted by Crippen LogP contribution is 2.32. The fourth-order valence-electron chi connectivity index (χ4n) is 3.29. The van der Waals surface area contributed by atoms with Crippen molar-refractivity contribution in [1.29, 1.82) is 0 Å². The lowest BCUT2D eigenvalue weighted by atomic mass is 9.76. The third-order valence-corrected chi connectivity index (χ3v) is 6.57. The van der Waals surface area contributed by atoms with Crippen molar-refractivity contribution in [2.75, 3.05) is 18.9 Å². The molecule has 1 saturated carbocycles. The molecule has 1 aromatic rings. The van der Waals surface area contributed by atoms with E-state index < -0.39 is 9.84 Å². The monoisotopic (exact) mass is 325 g/mol. The SMILES string of the molecule is C[C@](CO)(NCCS(=O)(=O)c1ccccc1)C1CCCCC1. The quantitative estimate of drug-likeness (QED) is 0.808. The third kappa shape index (κ3) is 4.31. The van der Waals surface area contributed by atoms with E-state index in [1.54, 1.807) is 24.3 Å². The fourth-order valence-corrected chi connectivity index (χ4v) is 4.46. The summed E-state index contributed by atoms with van der Waals surface area (Å²) in [5.41, 5.74) is -0.382. The minimum absolute atomic E-state index is 0.0447. The molecule has 0 saturated heterocycles. The first-order valence-corrected chi connectivity index (χ1v) is 9.77. The zero-order valence-corrected chi connectivity index (χ0v) is 14.1. The van der Waals surface area contributed by atoms with Crippen molar-refractivity contribution in [3.8, 4) is 0 Å². The van der Waals surface area contributed by atoms with Crippen LogP contribution in [0.4, 0.5) is 0 Å². The van der Waals surface area contributed by atoms with Crippen LogP contribution in [-0.4, -0.2) is 38.0 Å². The Morgan fingerprint density at radius 2 is 1.82 bits per heavy atom. The zero-order chi connectivity index (χ0) is 16.1. The number of nitrogens with one attached hydrogen (secondary N) is 1. The van der Waals surface area contributed by atoms with Crippen molar-refractivity contribution in [2.45, 2.75) is 49.5 Å². The van der Waals surface area contributed by atoms with Gasteiger partial charge in [-0.25, -0.2) is 8.42 Å². The molecule has 124 valence electrons. The topological polar surface area (TPSA) is 66.4 Å². The first-order chi connectivity index (χ1) is 10.5. The number of sulfone groups is 1. The summed E-state index contributed by atoms with van der Waals surface area (Å²) < 4.78 is 24.6. The molecule has 1 aromatic carbocycles. The van der Waals surface area contributed by atoms with E-state index in [1.165, 1.54) is 19.3 Å². The second-order valence-electron chi connectivity index (χ2n) is 6.47. The lowest BCUT2D eigenvalue weighted by molar-refractivity contribution is 0.0971. The average molecular weight is 325 g/mol. The van der Waals surface area contributed by atoms with Gasteiger partial charge in [-0.3, -0.25) is 0 Å². The lowest BCUT2D eigenvalue weighted by Crippen LogP contribution is -2.53. The van der Waals surface area contributed by atoms with Gasteiger partial charge in [-0.15, -0.1) is 0 Å². The molecule has 0 amide bonds. The van der Waals surface area contributed by atoms with Gasteiger partial charge in [-0.2, -0.15) is 0 Å². The summed E-state index contributed by atoms with van der Waals surface area (Å²) in [5, 5.41) is 13.1. The number of benzene rings is 1. The molecule has 1 fully saturated rings. The van der Waals surface area contributed by atoms with Gasteiger partial charge in [-0.1, -0.05) is 37.5 Å². The number of aliphatic hydroxyl groups is 1. The van der Waals surface area contributed by atoms with Gasteiger partial charge in [0.05, 0.1) is 17.3 Å². The number of aliphatic hydroxyl groups excluding tert-OH is 1. The van der Waals surface area contributed by atoms with Gasteiger partial charge >= 0.3 is 0 Å². The van der Waals surface area contributed by atoms with Crippen LogP contribution in [0.2, 0.25) is 0 Å². The second-order valence-corrected chi connectivity index (χ2v) is 8.58. The smallest absolute Gasteiger partial charge is 0.179 e. The molecular formula is C17H27NO3S.